The van der Waals surface area contributed by atoms with E-state index in [9.17, 15) is 8.42 Å². The molecular formula is C14H17N3O2S2. The SMILES string of the molecule is CNS(=O)(=O)c1ccc(Nc2cccc(SC)c2)cc1N. The minimum absolute atomic E-state index is 0.0772. The number of thioether (sulfide) groups is 1. The maximum absolute atomic E-state index is 11.8. The summed E-state index contributed by atoms with van der Waals surface area (Å²) in [5.41, 5.74) is 7.69. The van der Waals surface area contributed by atoms with Crippen LogP contribution in [-0.2, 0) is 10.0 Å². The molecule has 2 aromatic carbocycles. The molecule has 0 spiro atoms. The van der Waals surface area contributed by atoms with Crippen molar-refractivity contribution >= 4 is 38.8 Å². The van der Waals surface area contributed by atoms with Crippen molar-refractivity contribution in [2.24, 2.45) is 0 Å². The van der Waals surface area contributed by atoms with Crippen molar-refractivity contribution in [3.63, 3.8) is 0 Å². The van der Waals surface area contributed by atoms with Crippen LogP contribution in [0.2, 0.25) is 0 Å². The van der Waals surface area contributed by atoms with Crippen LogP contribution in [0.1, 0.15) is 0 Å². The van der Waals surface area contributed by atoms with Gasteiger partial charge in [0.2, 0.25) is 10.0 Å². The lowest BCUT2D eigenvalue weighted by molar-refractivity contribution is 0.588. The second kappa shape index (κ2) is 6.38. The summed E-state index contributed by atoms with van der Waals surface area (Å²) in [4.78, 5) is 1.22. The first kappa shape index (κ1) is 15.7. The maximum atomic E-state index is 11.8. The molecule has 2 aromatic rings. The second-order valence-corrected chi connectivity index (χ2v) is 7.05. The van der Waals surface area contributed by atoms with Crippen LogP contribution in [-0.4, -0.2) is 21.7 Å². The predicted molar refractivity (Wildman–Crippen MR) is 88.6 cm³/mol. The summed E-state index contributed by atoms with van der Waals surface area (Å²) in [6, 6.07) is 12.7. The van der Waals surface area contributed by atoms with Gasteiger partial charge in [0.05, 0.1) is 5.69 Å². The molecule has 2 rings (SSSR count). The highest BCUT2D eigenvalue weighted by Crippen LogP contribution is 2.26. The number of hydrogen-bond acceptors (Lipinski definition) is 5. The summed E-state index contributed by atoms with van der Waals surface area (Å²) in [6.07, 6.45) is 2.01. The minimum Gasteiger partial charge on any atom is -0.398 e. The molecular weight excluding hydrogens is 306 g/mol. The average Bonchev–Trinajstić information content (AvgIpc) is 2.47. The average molecular weight is 323 g/mol. The van der Waals surface area contributed by atoms with Crippen molar-refractivity contribution in [3.05, 3.63) is 42.5 Å². The number of sulfonamides is 1. The van der Waals surface area contributed by atoms with Crippen molar-refractivity contribution < 1.29 is 8.42 Å². The van der Waals surface area contributed by atoms with Crippen molar-refractivity contribution in [1.82, 2.24) is 4.72 Å². The molecule has 0 aromatic heterocycles. The molecule has 0 amide bonds. The van der Waals surface area contributed by atoms with Gasteiger partial charge in [0, 0.05) is 16.3 Å². The van der Waals surface area contributed by atoms with E-state index in [-0.39, 0.29) is 10.6 Å². The van der Waals surface area contributed by atoms with Crippen LogP contribution in [0.4, 0.5) is 17.1 Å². The Labute approximate surface area is 129 Å². The maximum Gasteiger partial charge on any atom is 0.242 e. The van der Waals surface area contributed by atoms with Crippen LogP contribution in [0.15, 0.2) is 52.3 Å². The van der Waals surface area contributed by atoms with Gasteiger partial charge in [0.15, 0.2) is 0 Å². The van der Waals surface area contributed by atoms with Gasteiger partial charge in [-0.15, -0.1) is 11.8 Å². The fraction of sp³-hybridized carbons (Fsp3) is 0.143. The van der Waals surface area contributed by atoms with Gasteiger partial charge in [-0.1, -0.05) is 6.07 Å². The van der Waals surface area contributed by atoms with E-state index in [0.717, 1.165) is 16.3 Å². The van der Waals surface area contributed by atoms with Gasteiger partial charge in [-0.05, 0) is 49.7 Å². The molecule has 0 atom stereocenters. The zero-order valence-corrected chi connectivity index (χ0v) is 13.4. The van der Waals surface area contributed by atoms with Crippen molar-refractivity contribution in [3.8, 4) is 0 Å². The lowest BCUT2D eigenvalue weighted by Gasteiger charge is -2.11. The number of benzene rings is 2. The fourth-order valence-corrected chi connectivity index (χ4v) is 3.14. The number of nitrogen functional groups attached to an aromatic ring is 1. The highest BCUT2D eigenvalue weighted by molar-refractivity contribution is 7.98. The zero-order valence-electron chi connectivity index (χ0n) is 11.8. The Morgan fingerprint density at radius 2 is 1.81 bits per heavy atom. The van der Waals surface area contributed by atoms with E-state index in [4.69, 9.17) is 5.73 Å². The smallest absolute Gasteiger partial charge is 0.242 e. The Bertz CT molecular complexity index is 746. The van der Waals surface area contributed by atoms with Crippen LogP contribution in [0.3, 0.4) is 0 Å². The Balaban J connectivity index is 2.28. The summed E-state index contributed by atoms with van der Waals surface area (Å²) >= 11 is 1.65. The fourth-order valence-electron chi connectivity index (χ4n) is 1.85. The number of hydrogen-bond donors (Lipinski definition) is 3. The molecule has 0 unspecified atom stereocenters. The van der Waals surface area contributed by atoms with Gasteiger partial charge >= 0.3 is 0 Å². The van der Waals surface area contributed by atoms with E-state index in [1.807, 2.05) is 30.5 Å². The number of rotatable bonds is 5. The Kier molecular flexibility index (Phi) is 4.76. The third-order valence-electron chi connectivity index (χ3n) is 2.93. The highest BCUT2D eigenvalue weighted by Gasteiger charge is 2.15. The van der Waals surface area contributed by atoms with Gasteiger partial charge in [0.1, 0.15) is 4.90 Å². The molecule has 4 N–H and O–H groups in total. The lowest BCUT2D eigenvalue weighted by atomic mass is 10.2. The van der Waals surface area contributed by atoms with Gasteiger partial charge in [-0.3, -0.25) is 0 Å². The van der Waals surface area contributed by atoms with E-state index in [1.165, 1.54) is 13.1 Å². The number of anilines is 3. The molecule has 0 aliphatic heterocycles. The molecule has 21 heavy (non-hydrogen) atoms. The van der Waals surface area contributed by atoms with Crippen LogP contribution in [0.25, 0.3) is 0 Å². The molecule has 0 aliphatic rings. The first-order valence-electron chi connectivity index (χ1n) is 6.20. The monoisotopic (exact) mass is 323 g/mol. The van der Waals surface area contributed by atoms with Crippen LogP contribution < -0.4 is 15.8 Å². The molecule has 0 saturated heterocycles. The van der Waals surface area contributed by atoms with E-state index in [0.29, 0.717) is 0 Å². The molecule has 0 radical (unpaired) electrons. The largest absolute Gasteiger partial charge is 0.398 e. The molecule has 7 heteroatoms. The Morgan fingerprint density at radius 1 is 1.10 bits per heavy atom. The van der Waals surface area contributed by atoms with Crippen molar-refractivity contribution in [2.75, 3.05) is 24.4 Å². The zero-order chi connectivity index (χ0) is 15.5. The first-order chi connectivity index (χ1) is 9.96. The third-order valence-corrected chi connectivity index (χ3v) is 5.14. The topological polar surface area (TPSA) is 84.2 Å². The summed E-state index contributed by atoms with van der Waals surface area (Å²) in [5.74, 6) is 0. The highest BCUT2D eigenvalue weighted by atomic mass is 32.2. The second-order valence-electron chi connectivity index (χ2n) is 4.32. The summed E-state index contributed by atoms with van der Waals surface area (Å²) in [7, 11) is -2.18. The van der Waals surface area contributed by atoms with Gasteiger partial charge in [0.25, 0.3) is 0 Å². The lowest BCUT2D eigenvalue weighted by Crippen LogP contribution is -2.19. The Hall–Kier alpha value is -1.70. The van der Waals surface area contributed by atoms with Gasteiger partial charge < -0.3 is 11.1 Å². The standard InChI is InChI=1S/C14H17N3O2S2/c1-16-21(18,19)14-7-6-11(9-13(14)15)17-10-4-3-5-12(8-10)20-2/h3-9,16-17H,15H2,1-2H3. The van der Waals surface area contributed by atoms with Crippen molar-refractivity contribution in [1.29, 1.82) is 0 Å². The van der Waals surface area contributed by atoms with Gasteiger partial charge in [-0.2, -0.15) is 0 Å². The van der Waals surface area contributed by atoms with E-state index in [2.05, 4.69) is 10.0 Å². The van der Waals surface area contributed by atoms with Crippen LogP contribution in [0, 0.1) is 0 Å². The summed E-state index contributed by atoms with van der Waals surface area (Å²) in [5, 5.41) is 3.21. The number of nitrogens with one attached hydrogen (secondary N) is 2. The van der Waals surface area contributed by atoms with E-state index >= 15 is 0 Å². The quantitative estimate of drug-likeness (QED) is 0.582. The van der Waals surface area contributed by atoms with E-state index in [1.54, 1.807) is 23.9 Å². The van der Waals surface area contributed by atoms with Crippen LogP contribution in [0.5, 0.6) is 0 Å². The molecule has 0 saturated carbocycles. The van der Waals surface area contributed by atoms with Crippen LogP contribution >= 0.6 is 11.8 Å². The molecule has 112 valence electrons. The summed E-state index contributed by atoms with van der Waals surface area (Å²) < 4.78 is 25.8. The van der Waals surface area contributed by atoms with Gasteiger partial charge in [-0.25, -0.2) is 13.1 Å². The van der Waals surface area contributed by atoms with E-state index < -0.39 is 10.0 Å². The Morgan fingerprint density at radius 3 is 2.43 bits per heavy atom. The normalized spacial score (nSPS) is 11.3. The molecule has 0 heterocycles. The predicted octanol–water partition coefficient (Wildman–Crippen LogP) is 2.64. The summed E-state index contributed by atoms with van der Waals surface area (Å²) in [6.45, 7) is 0. The third kappa shape index (κ3) is 3.69. The minimum atomic E-state index is -3.54. The first-order valence-corrected chi connectivity index (χ1v) is 8.91. The molecule has 0 fully saturated rings. The molecule has 0 aliphatic carbocycles. The molecule has 5 nitrogen and oxygen atoms in total. The van der Waals surface area contributed by atoms with Crippen molar-refractivity contribution in [2.45, 2.75) is 9.79 Å². The molecule has 0 bridgehead atoms. The number of nitrogens with two attached hydrogens (primary N) is 1.